The lowest BCUT2D eigenvalue weighted by atomic mass is 9.94. The maximum Gasteiger partial charge on any atom is 0.243 e. The van der Waals surface area contributed by atoms with Crippen LogP contribution in [-0.4, -0.2) is 50.9 Å². The van der Waals surface area contributed by atoms with Crippen molar-refractivity contribution in [3.05, 3.63) is 29.8 Å². The van der Waals surface area contributed by atoms with Crippen molar-refractivity contribution in [2.45, 2.75) is 51.0 Å². The van der Waals surface area contributed by atoms with Crippen molar-refractivity contribution in [2.24, 2.45) is 5.92 Å². The van der Waals surface area contributed by atoms with Crippen molar-refractivity contribution in [3.63, 3.8) is 0 Å². The summed E-state index contributed by atoms with van der Waals surface area (Å²) < 4.78 is 26.4. The number of amides is 1. The number of sulfonamides is 1. The Balaban J connectivity index is 1.90. The molecule has 2 unspecified atom stereocenters. The van der Waals surface area contributed by atoms with Crippen LogP contribution in [0.4, 0.5) is 0 Å². The number of benzene rings is 1. The molecule has 1 amide bonds. The molecule has 26 heavy (non-hydrogen) atoms. The average Bonchev–Trinajstić information content (AvgIpc) is 2.63. The highest BCUT2D eigenvalue weighted by Gasteiger charge is 2.23. The second-order valence-electron chi connectivity index (χ2n) is 6.88. The number of carbonyl (C=O) groups is 1. The molecule has 1 heterocycles. The molecule has 1 aliphatic heterocycles. The van der Waals surface area contributed by atoms with Crippen LogP contribution >= 0.6 is 0 Å². The SMILES string of the molecule is CCN(CC)S(=O)(=O)c1ccc(CCC(=O)NC2CNCCC2C)cc1. The number of hydrogen-bond acceptors (Lipinski definition) is 4. The summed E-state index contributed by atoms with van der Waals surface area (Å²) in [5.41, 5.74) is 0.966. The molecule has 1 aromatic rings. The highest BCUT2D eigenvalue weighted by atomic mass is 32.2. The summed E-state index contributed by atoms with van der Waals surface area (Å²) in [4.78, 5) is 12.5. The summed E-state index contributed by atoms with van der Waals surface area (Å²) in [5, 5.41) is 6.41. The predicted octanol–water partition coefficient (Wildman–Crippen LogP) is 1.76. The number of rotatable bonds is 8. The van der Waals surface area contributed by atoms with E-state index in [1.807, 2.05) is 13.8 Å². The zero-order valence-corrected chi connectivity index (χ0v) is 16.8. The Kier molecular flexibility index (Phi) is 7.61. The molecule has 0 aromatic heterocycles. The van der Waals surface area contributed by atoms with Gasteiger partial charge in [0, 0.05) is 32.1 Å². The third-order valence-electron chi connectivity index (χ3n) is 5.08. The van der Waals surface area contributed by atoms with Crippen LogP contribution in [0.5, 0.6) is 0 Å². The fourth-order valence-electron chi connectivity index (χ4n) is 3.26. The molecule has 7 heteroatoms. The van der Waals surface area contributed by atoms with Gasteiger partial charge in [-0.3, -0.25) is 4.79 Å². The van der Waals surface area contributed by atoms with Gasteiger partial charge in [-0.1, -0.05) is 32.9 Å². The van der Waals surface area contributed by atoms with Gasteiger partial charge in [0.25, 0.3) is 0 Å². The first kappa shape index (κ1) is 20.9. The minimum absolute atomic E-state index is 0.0467. The summed E-state index contributed by atoms with van der Waals surface area (Å²) in [6.07, 6.45) is 2.09. The van der Waals surface area contributed by atoms with E-state index in [9.17, 15) is 13.2 Å². The molecule has 146 valence electrons. The summed E-state index contributed by atoms with van der Waals surface area (Å²) in [6, 6.07) is 7.06. The third-order valence-corrected chi connectivity index (χ3v) is 7.15. The van der Waals surface area contributed by atoms with Crippen LogP contribution in [0.1, 0.15) is 39.2 Å². The van der Waals surface area contributed by atoms with E-state index in [0.717, 1.165) is 25.1 Å². The molecule has 2 atom stereocenters. The Hall–Kier alpha value is -1.44. The Bertz CT molecular complexity index is 684. The smallest absolute Gasteiger partial charge is 0.243 e. The normalized spacial score (nSPS) is 20.9. The highest BCUT2D eigenvalue weighted by molar-refractivity contribution is 7.89. The van der Waals surface area contributed by atoms with Crippen molar-refractivity contribution in [1.82, 2.24) is 14.9 Å². The number of nitrogens with one attached hydrogen (secondary N) is 2. The lowest BCUT2D eigenvalue weighted by Gasteiger charge is -2.30. The first-order chi connectivity index (χ1) is 12.4. The molecule has 1 fully saturated rings. The monoisotopic (exact) mass is 381 g/mol. The van der Waals surface area contributed by atoms with E-state index >= 15 is 0 Å². The largest absolute Gasteiger partial charge is 0.352 e. The minimum atomic E-state index is -3.43. The second-order valence-corrected chi connectivity index (χ2v) is 8.82. The molecule has 0 radical (unpaired) electrons. The minimum Gasteiger partial charge on any atom is -0.352 e. The molecule has 0 saturated carbocycles. The van der Waals surface area contributed by atoms with Gasteiger partial charge < -0.3 is 10.6 Å². The summed E-state index contributed by atoms with van der Waals surface area (Å²) in [6.45, 7) is 8.57. The maximum atomic E-state index is 12.5. The fourth-order valence-corrected chi connectivity index (χ4v) is 4.72. The van der Waals surface area contributed by atoms with E-state index in [4.69, 9.17) is 0 Å². The van der Waals surface area contributed by atoms with Gasteiger partial charge in [-0.15, -0.1) is 0 Å². The van der Waals surface area contributed by atoms with Gasteiger partial charge in [0.2, 0.25) is 15.9 Å². The Morgan fingerprint density at radius 2 is 1.88 bits per heavy atom. The van der Waals surface area contributed by atoms with Crippen LogP contribution in [0.25, 0.3) is 0 Å². The molecule has 2 rings (SSSR count). The van der Waals surface area contributed by atoms with Gasteiger partial charge in [-0.05, 0) is 43.0 Å². The number of aryl methyl sites for hydroxylation is 1. The average molecular weight is 382 g/mol. The quantitative estimate of drug-likeness (QED) is 0.719. The van der Waals surface area contributed by atoms with Gasteiger partial charge in [0.15, 0.2) is 0 Å². The van der Waals surface area contributed by atoms with Crippen LogP contribution in [-0.2, 0) is 21.2 Å². The standard InChI is InChI=1S/C19H31N3O3S/c1-4-22(5-2)26(24,25)17-9-6-16(7-10-17)8-11-19(23)21-18-14-20-13-12-15(18)3/h6-7,9-10,15,18,20H,4-5,8,11-14H2,1-3H3,(H,21,23). The number of carbonyl (C=O) groups excluding carboxylic acids is 1. The van der Waals surface area contributed by atoms with E-state index < -0.39 is 10.0 Å². The first-order valence-corrected chi connectivity index (χ1v) is 10.9. The van der Waals surface area contributed by atoms with Gasteiger partial charge in [0.1, 0.15) is 0 Å². The Labute approximate surface area is 157 Å². The van der Waals surface area contributed by atoms with Gasteiger partial charge in [-0.2, -0.15) is 4.31 Å². The van der Waals surface area contributed by atoms with E-state index in [1.165, 1.54) is 4.31 Å². The zero-order valence-electron chi connectivity index (χ0n) is 16.0. The highest BCUT2D eigenvalue weighted by Crippen LogP contribution is 2.17. The van der Waals surface area contributed by atoms with Crippen molar-refractivity contribution < 1.29 is 13.2 Å². The molecule has 0 bridgehead atoms. The van der Waals surface area contributed by atoms with Crippen LogP contribution in [0, 0.1) is 5.92 Å². The van der Waals surface area contributed by atoms with Crippen LogP contribution in [0.2, 0.25) is 0 Å². The molecular weight excluding hydrogens is 350 g/mol. The predicted molar refractivity (Wildman–Crippen MR) is 103 cm³/mol. The van der Waals surface area contributed by atoms with Gasteiger partial charge in [0.05, 0.1) is 4.90 Å². The Morgan fingerprint density at radius 3 is 2.46 bits per heavy atom. The molecule has 1 saturated heterocycles. The maximum absolute atomic E-state index is 12.5. The number of piperidine rings is 1. The van der Waals surface area contributed by atoms with Crippen molar-refractivity contribution in [3.8, 4) is 0 Å². The molecule has 6 nitrogen and oxygen atoms in total. The van der Waals surface area contributed by atoms with E-state index in [2.05, 4.69) is 17.6 Å². The Morgan fingerprint density at radius 1 is 1.23 bits per heavy atom. The first-order valence-electron chi connectivity index (χ1n) is 9.47. The third kappa shape index (κ3) is 5.28. The summed E-state index contributed by atoms with van der Waals surface area (Å²) in [7, 11) is -3.43. The summed E-state index contributed by atoms with van der Waals surface area (Å²) in [5.74, 6) is 0.537. The molecule has 1 aromatic carbocycles. The molecule has 0 aliphatic carbocycles. The molecular formula is C19H31N3O3S. The summed E-state index contributed by atoms with van der Waals surface area (Å²) >= 11 is 0. The second kappa shape index (κ2) is 9.48. The van der Waals surface area contributed by atoms with Gasteiger partial charge >= 0.3 is 0 Å². The van der Waals surface area contributed by atoms with Crippen molar-refractivity contribution >= 4 is 15.9 Å². The zero-order chi connectivity index (χ0) is 19.2. The van der Waals surface area contributed by atoms with Crippen molar-refractivity contribution in [1.29, 1.82) is 0 Å². The number of hydrogen-bond donors (Lipinski definition) is 2. The van der Waals surface area contributed by atoms with Crippen LogP contribution < -0.4 is 10.6 Å². The molecule has 2 N–H and O–H groups in total. The van der Waals surface area contributed by atoms with Crippen molar-refractivity contribution in [2.75, 3.05) is 26.2 Å². The van der Waals surface area contributed by atoms with Crippen LogP contribution in [0.3, 0.4) is 0 Å². The van der Waals surface area contributed by atoms with Gasteiger partial charge in [-0.25, -0.2) is 8.42 Å². The molecule has 0 spiro atoms. The van der Waals surface area contributed by atoms with E-state index in [-0.39, 0.29) is 11.9 Å². The number of nitrogens with zero attached hydrogens (tertiary/aromatic N) is 1. The topological polar surface area (TPSA) is 78.5 Å². The lowest BCUT2D eigenvalue weighted by Crippen LogP contribution is -2.50. The van der Waals surface area contributed by atoms with E-state index in [0.29, 0.717) is 36.7 Å². The van der Waals surface area contributed by atoms with Crippen LogP contribution in [0.15, 0.2) is 29.2 Å². The van der Waals surface area contributed by atoms with E-state index in [1.54, 1.807) is 24.3 Å². The fraction of sp³-hybridized carbons (Fsp3) is 0.632. The lowest BCUT2D eigenvalue weighted by molar-refractivity contribution is -0.122. The molecule has 1 aliphatic rings.